The lowest BCUT2D eigenvalue weighted by Gasteiger charge is -2.17. The van der Waals surface area contributed by atoms with Crippen LogP contribution in [0.4, 0.5) is 16.2 Å². The molecule has 7 N–H and O–H groups in total. The third-order valence-corrected chi connectivity index (χ3v) is 10.9. The molecule has 0 atom stereocenters. The minimum atomic E-state index is -4.19. The lowest BCUT2D eigenvalue weighted by Crippen LogP contribution is -2.18. The van der Waals surface area contributed by atoms with Gasteiger partial charge in [0.2, 0.25) is 20.0 Å². The number of nitrogens with one attached hydrogen (secondary N) is 2. The summed E-state index contributed by atoms with van der Waals surface area (Å²) in [7, 11) is -8.36. The highest BCUT2D eigenvalue weighted by Crippen LogP contribution is 2.38. The second-order valence-corrected chi connectivity index (χ2v) is 17.0. The van der Waals surface area contributed by atoms with Crippen LogP contribution in [-0.4, -0.2) is 81.6 Å². The Morgan fingerprint density at radius 3 is 1.36 bits per heavy atom. The normalized spacial score (nSPS) is 11.0. The van der Waals surface area contributed by atoms with Crippen LogP contribution in [0.3, 0.4) is 0 Å². The van der Waals surface area contributed by atoms with Crippen LogP contribution < -0.4 is 30.4 Å². The molecule has 66 heavy (non-hydrogen) atoms. The minimum absolute atomic E-state index is 0.0187. The van der Waals surface area contributed by atoms with Gasteiger partial charge >= 0.3 is 12.0 Å². The van der Waals surface area contributed by atoms with Crippen molar-refractivity contribution in [1.82, 2.24) is 28.7 Å². The number of hydrogen-bond donors (Lipinski definition) is 5. The van der Waals surface area contributed by atoms with E-state index in [0.29, 0.717) is 30.3 Å². The lowest BCUT2D eigenvalue weighted by molar-refractivity contribution is 0.0696. The fourth-order valence-corrected chi connectivity index (χ4v) is 7.17. The van der Waals surface area contributed by atoms with Crippen LogP contribution in [-0.2, 0) is 20.0 Å². The molecule has 0 bridgehead atoms. The molecule has 0 aliphatic heterocycles. The topological polar surface area (TPSA) is 288 Å². The fraction of sp³-hybridized carbons (Fsp3) is 0.182. The van der Waals surface area contributed by atoms with Gasteiger partial charge in [0.25, 0.3) is 5.91 Å². The van der Waals surface area contributed by atoms with Gasteiger partial charge < -0.3 is 25.2 Å². The zero-order chi connectivity index (χ0) is 47.7. The van der Waals surface area contributed by atoms with E-state index >= 15 is 0 Å². The summed E-state index contributed by atoms with van der Waals surface area (Å²) in [4.78, 5) is 46.2. The lowest BCUT2D eigenvalue weighted by atomic mass is 10.1. The summed E-state index contributed by atoms with van der Waals surface area (Å²) in [5.74, 6) is -0.794. The number of carboxylic acids is 1. The van der Waals surface area contributed by atoms with Gasteiger partial charge in [-0.05, 0) is 61.4 Å². The van der Waals surface area contributed by atoms with Gasteiger partial charge in [0.05, 0.1) is 16.9 Å². The van der Waals surface area contributed by atoms with E-state index in [9.17, 15) is 36.3 Å². The maximum Gasteiger partial charge on any atom is 0.338 e. The molecule has 3 aromatic heterocycles. The SMILES string of the molecule is CCCCNc1cc(C(=O)O)cc(S(N)(=O)=O)c1Oc1ccccc1.CCCCNc1cc(C(=O)n2ccnc2)cc(S(N)(=O)=O)c1Oc1ccccc1.O=C(n1ccnc1)n1ccnc1. The van der Waals surface area contributed by atoms with E-state index in [1.807, 2.05) is 19.9 Å². The summed E-state index contributed by atoms with van der Waals surface area (Å²) >= 11 is 0. The first-order valence-electron chi connectivity index (χ1n) is 20.2. The molecule has 0 saturated carbocycles. The minimum Gasteiger partial charge on any atom is -0.478 e. The summed E-state index contributed by atoms with van der Waals surface area (Å²) in [6.45, 7) is 5.16. The maximum atomic E-state index is 12.8. The number of carbonyl (C=O) groups is 3. The zero-order valence-electron chi connectivity index (χ0n) is 35.8. The van der Waals surface area contributed by atoms with Gasteiger partial charge in [-0.1, -0.05) is 63.1 Å². The van der Waals surface area contributed by atoms with Crippen molar-refractivity contribution in [3.05, 3.63) is 152 Å². The van der Waals surface area contributed by atoms with E-state index in [0.717, 1.165) is 31.7 Å². The highest BCUT2D eigenvalue weighted by atomic mass is 32.2. The Kier molecular flexibility index (Phi) is 17.4. The van der Waals surface area contributed by atoms with Crippen molar-refractivity contribution in [2.24, 2.45) is 10.3 Å². The second kappa shape index (κ2) is 23.3. The number of aromatic carboxylic acids is 1. The van der Waals surface area contributed by atoms with Crippen LogP contribution in [0.25, 0.3) is 0 Å². The molecule has 0 aliphatic rings. The highest BCUT2D eigenvalue weighted by molar-refractivity contribution is 7.89. The van der Waals surface area contributed by atoms with E-state index < -0.39 is 31.9 Å². The number of sulfonamides is 2. The number of anilines is 2. The molecule has 0 amide bonds. The van der Waals surface area contributed by atoms with Gasteiger partial charge in [-0.15, -0.1) is 0 Å². The van der Waals surface area contributed by atoms with Crippen LogP contribution in [0, 0.1) is 0 Å². The molecule has 7 rings (SSSR count). The number of primary sulfonamides is 2. The Balaban J connectivity index is 0.000000200. The summed E-state index contributed by atoms with van der Waals surface area (Å²) in [6.07, 6.45) is 17.0. The van der Waals surface area contributed by atoms with Crippen molar-refractivity contribution in [2.45, 2.75) is 49.3 Å². The van der Waals surface area contributed by atoms with Crippen molar-refractivity contribution >= 4 is 49.3 Å². The monoisotopic (exact) mass is 940 g/mol. The van der Waals surface area contributed by atoms with Gasteiger partial charge in [0.1, 0.15) is 40.3 Å². The van der Waals surface area contributed by atoms with E-state index in [1.54, 1.807) is 85.5 Å². The Hall–Kier alpha value is -7.66. The first-order chi connectivity index (χ1) is 31.6. The number of ether oxygens (including phenoxy) is 2. The standard InChI is InChI=1S/C20H22N4O4S.C17H20N2O5S.C7H6N4O/c1-2-3-9-23-17-12-15(20(25)24-11-10-22-14-24)13-18(29(21,26)27)19(17)28-16-7-5-4-6-8-16;1-2-3-9-19-14-10-12(17(20)21)11-15(25(18,22)23)16(14)24-13-7-5-4-6-8-13;12-7(10-3-1-8-5-10)11-4-2-9-6-11/h4-8,10-14,23H,2-3,9H2,1H3,(H2,21,26,27);4-8,10-11,19H,2-3,9H2,1H3,(H,20,21)(H2,18,22,23);1-6H. The molecule has 7 aromatic rings. The van der Waals surface area contributed by atoms with Crippen molar-refractivity contribution in [3.63, 3.8) is 0 Å². The van der Waals surface area contributed by atoms with Gasteiger partial charge in [-0.2, -0.15) is 0 Å². The van der Waals surface area contributed by atoms with Crippen molar-refractivity contribution in [2.75, 3.05) is 23.7 Å². The van der Waals surface area contributed by atoms with Gasteiger partial charge in [0.15, 0.2) is 11.5 Å². The molecular formula is C44H48N10O10S2. The molecule has 0 saturated heterocycles. The zero-order valence-corrected chi connectivity index (χ0v) is 37.4. The van der Waals surface area contributed by atoms with E-state index in [1.165, 1.54) is 57.2 Å². The summed E-state index contributed by atoms with van der Waals surface area (Å²) in [6, 6.07) is 22.3. The highest BCUT2D eigenvalue weighted by Gasteiger charge is 2.25. The average Bonchev–Trinajstić information content (AvgIpc) is 4.13. The first-order valence-corrected chi connectivity index (χ1v) is 23.3. The molecule has 22 heteroatoms. The van der Waals surface area contributed by atoms with Crippen LogP contribution in [0.2, 0.25) is 0 Å². The summed E-state index contributed by atoms with van der Waals surface area (Å²) < 4.78 is 64.2. The number of para-hydroxylation sites is 2. The third-order valence-electron chi connectivity index (χ3n) is 9.02. The summed E-state index contributed by atoms with van der Waals surface area (Å²) in [5.41, 5.74) is 0.591. The second-order valence-electron chi connectivity index (χ2n) is 14.0. The maximum absolute atomic E-state index is 12.8. The molecule has 0 unspecified atom stereocenters. The fourth-order valence-electron chi connectivity index (χ4n) is 5.77. The van der Waals surface area contributed by atoms with Crippen molar-refractivity contribution in [3.8, 4) is 23.0 Å². The number of rotatable bonds is 16. The number of hydrogen-bond acceptors (Lipinski definition) is 14. The third kappa shape index (κ3) is 13.9. The smallest absolute Gasteiger partial charge is 0.338 e. The molecule has 0 spiro atoms. The van der Waals surface area contributed by atoms with Crippen LogP contribution in [0.1, 0.15) is 60.2 Å². The van der Waals surface area contributed by atoms with Crippen LogP contribution in [0.5, 0.6) is 23.0 Å². The number of carbonyl (C=O) groups excluding carboxylic acids is 2. The molecule has 346 valence electrons. The number of nitrogens with two attached hydrogens (primary N) is 2. The summed E-state index contributed by atoms with van der Waals surface area (Å²) in [5, 5.41) is 26.2. The predicted octanol–water partition coefficient (Wildman–Crippen LogP) is 6.86. The Labute approximate surface area is 381 Å². The van der Waals surface area contributed by atoms with E-state index in [-0.39, 0.29) is 44.1 Å². The number of carboxylic acid groups (broad SMARTS) is 1. The number of nitrogens with zero attached hydrogens (tertiary/aromatic N) is 6. The van der Waals surface area contributed by atoms with Crippen LogP contribution in [0.15, 0.2) is 151 Å². The van der Waals surface area contributed by atoms with Crippen LogP contribution >= 0.6 is 0 Å². The largest absolute Gasteiger partial charge is 0.478 e. The molecule has 0 fully saturated rings. The van der Waals surface area contributed by atoms with Gasteiger partial charge in [-0.25, -0.2) is 51.7 Å². The van der Waals surface area contributed by atoms with E-state index in [2.05, 4.69) is 25.6 Å². The Bertz CT molecular complexity index is 2860. The number of imidazole rings is 3. The quantitative estimate of drug-likeness (QED) is 0.0619. The van der Waals surface area contributed by atoms with Gasteiger partial charge in [0, 0.05) is 55.8 Å². The van der Waals surface area contributed by atoms with Gasteiger partial charge in [-0.3, -0.25) is 18.5 Å². The Morgan fingerprint density at radius 1 is 0.606 bits per heavy atom. The number of aromatic nitrogens is 6. The Morgan fingerprint density at radius 2 is 1.00 bits per heavy atom. The van der Waals surface area contributed by atoms with E-state index in [4.69, 9.17) is 19.8 Å². The molecule has 0 aliphatic carbocycles. The molecule has 3 heterocycles. The van der Waals surface area contributed by atoms with Crippen molar-refractivity contribution < 1.29 is 45.8 Å². The predicted molar refractivity (Wildman–Crippen MR) is 245 cm³/mol. The average molecular weight is 941 g/mol. The first kappa shape index (κ1) is 49.4. The molecule has 4 aromatic carbocycles. The molecule has 0 radical (unpaired) electrons. The molecular weight excluding hydrogens is 893 g/mol. The number of benzene rings is 4. The van der Waals surface area contributed by atoms with Crippen molar-refractivity contribution in [1.29, 1.82) is 0 Å². The molecule has 20 nitrogen and oxygen atoms in total. The number of unbranched alkanes of at least 4 members (excludes halogenated alkanes) is 2.